The summed E-state index contributed by atoms with van der Waals surface area (Å²) >= 11 is 0. The van der Waals surface area contributed by atoms with E-state index in [-0.39, 0.29) is 17.5 Å². The molecular weight excluding hydrogens is 368 g/mol. The predicted molar refractivity (Wildman–Crippen MR) is 111 cm³/mol. The van der Waals surface area contributed by atoms with Gasteiger partial charge in [0.2, 0.25) is 0 Å². The highest BCUT2D eigenvalue weighted by Crippen LogP contribution is 2.32. The predicted octanol–water partition coefficient (Wildman–Crippen LogP) is 2.76. The van der Waals surface area contributed by atoms with Crippen LogP contribution in [0.15, 0.2) is 41.3 Å². The van der Waals surface area contributed by atoms with Crippen molar-refractivity contribution in [2.75, 3.05) is 18.5 Å². The number of aromatic nitrogens is 3. The topological polar surface area (TPSA) is 122 Å². The molecule has 150 valence electrons. The highest BCUT2D eigenvalue weighted by molar-refractivity contribution is 5.91. The molecule has 0 aliphatic carbocycles. The summed E-state index contributed by atoms with van der Waals surface area (Å²) in [6.45, 7) is 4.84. The van der Waals surface area contributed by atoms with E-state index in [1.165, 1.54) is 0 Å². The smallest absolute Gasteiger partial charge is 0.261 e. The molecule has 0 saturated carbocycles. The van der Waals surface area contributed by atoms with Crippen LogP contribution in [0.1, 0.15) is 31.9 Å². The van der Waals surface area contributed by atoms with Crippen LogP contribution in [-0.4, -0.2) is 28.0 Å². The van der Waals surface area contributed by atoms with E-state index in [9.17, 15) is 10.1 Å². The van der Waals surface area contributed by atoms with Gasteiger partial charge in [0, 0.05) is 24.0 Å². The van der Waals surface area contributed by atoms with Crippen LogP contribution in [-0.2, 0) is 10.3 Å². The quantitative estimate of drug-likeness (QED) is 0.628. The van der Waals surface area contributed by atoms with Crippen LogP contribution in [0.5, 0.6) is 0 Å². The van der Waals surface area contributed by atoms with Crippen molar-refractivity contribution in [3.63, 3.8) is 0 Å². The first-order chi connectivity index (χ1) is 13.9. The number of nitrogens with zero attached hydrogens (tertiary/aromatic N) is 3. The minimum absolute atomic E-state index is 0.218. The second kappa shape index (κ2) is 7.35. The molecule has 4 rings (SSSR count). The number of anilines is 2. The molecule has 1 aromatic carbocycles. The summed E-state index contributed by atoms with van der Waals surface area (Å²) in [4.78, 5) is 15.3. The Bertz CT molecular complexity index is 1120. The molecule has 0 amide bonds. The van der Waals surface area contributed by atoms with Gasteiger partial charge in [-0.05, 0) is 44.0 Å². The highest BCUT2D eigenvalue weighted by atomic mass is 16.5. The number of pyridine rings is 1. The van der Waals surface area contributed by atoms with Crippen LogP contribution in [0.4, 0.5) is 11.5 Å². The Kier molecular flexibility index (Phi) is 4.86. The standard InChI is InChI=1S/C21H24N6O2/c1-21(2,23)14-3-5-15(6-4-14)25-19-18-16(7-9-24-20(18)28)27(26-19)17-12-29-10-8-13(17)11-22/h3-7,9,13,17H,8,10,12,23H2,1-2H3,(H,24,28)(H,25,26). The highest BCUT2D eigenvalue weighted by Gasteiger charge is 2.30. The molecule has 4 N–H and O–H groups in total. The van der Waals surface area contributed by atoms with E-state index >= 15 is 0 Å². The second-order valence-electron chi connectivity index (χ2n) is 7.95. The summed E-state index contributed by atoms with van der Waals surface area (Å²) in [6.07, 6.45) is 2.24. The van der Waals surface area contributed by atoms with Gasteiger partial charge in [0.25, 0.3) is 5.56 Å². The van der Waals surface area contributed by atoms with Gasteiger partial charge in [0.1, 0.15) is 5.39 Å². The van der Waals surface area contributed by atoms with E-state index in [1.807, 2.05) is 38.1 Å². The van der Waals surface area contributed by atoms with E-state index in [0.717, 1.165) is 11.3 Å². The number of hydrogen-bond donors (Lipinski definition) is 3. The number of fused-ring (bicyclic) bond motifs is 1. The van der Waals surface area contributed by atoms with Gasteiger partial charge >= 0.3 is 0 Å². The number of ether oxygens (including phenoxy) is 1. The zero-order valence-corrected chi connectivity index (χ0v) is 16.5. The van der Waals surface area contributed by atoms with Crippen molar-refractivity contribution in [2.24, 2.45) is 11.7 Å². The number of nitrogens with one attached hydrogen (secondary N) is 2. The van der Waals surface area contributed by atoms with Crippen molar-refractivity contribution in [1.29, 1.82) is 5.26 Å². The molecular formula is C21H24N6O2. The van der Waals surface area contributed by atoms with E-state index in [2.05, 4.69) is 21.5 Å². The Morgan fingerprint density at radius 1 is 1.34 bits per heavy atom. The second-order valence-corrected chi connectivity index (χ2v) is 7.95. The van der Waals surface area contributed by atoms with Crippen molar-refractivity contribution in [1.82, 2.24) is 14.8 Å². The molecule has 1 fully saturated rings. The van der Waals surface area contributed by atoms with Crippen molar-refractivity contribution in [3.05, 3.63) is 52.4 Å². The summed E-state index contributed by atoms with van der Waals surface area (Å²) in [7, 11) is 0. The van der Waals surface area contributed by atoms with E-state index in [1.54, 1.807) is 16.9 Å². The molecule has 8 nitrogen and oxygen atoms in total. The van der Waals surface area contributed by atoms with Crippen LogP contribution < -0.4 is 16.6 Å². The first-order valence-corrected chi connectivity index (χ1v) is 9.62. The molecule has 2 aromatic heterocycles. The third-order valence-corrected chi connectivity index (χ3v) is 5.33. The van der Waals surface area contributed by atoms with Crippen LogP contribution in [0, 0.1) is 17.2 Å². The maximum atomic E-state index is 12.6. The maximum absolute atomic E-state index is 12.6. The lowest BCUT2D eigenvalue weighted by Crippen LogP contribution is -2.30. The number of aromatic amines is 1. The van der Waals surface area contributed by atoms with Crippen molar-refractivity contribution in [2.45, 2.75) is 31.8 Å². The van der Waals surface area contributed by atoms with Crippen molar-refractivity contribution < 1.29 is 4.74 Å². The van der Waals surface area contributed by atoms with Gasteiger partial charge in [-0.25, -0.2) is 0 Å². The fraction of sp³-hybridized carbons (Fsp3) is 0.381. The Morgan fingerprint density at radius 2 is 2.10 bits per heavy atom. The summed E-state index contributed by atoms with van der Waals surface area (Å²) in [5.74, 6) is 0.230. The Balaban J connectivity index is 1.75. The maximum Gasteiger partial charge on any atom is 0.261 e. The molecule has 0 bridgehead atoms. The molecule has 1 aliphatic rings. The summed E-state index contributed by atoms with van der Waals surface area (Å²) in [6, 6.07) is 11.6. The van der Waals surface area contributed by atoms with Crippen LogP contribution >= 0.6 is 0 Å². The lowest BCUT2D eigenvalue weighted by molar-refractivity contribution is 0.0359. The molecule has 3 heterocycles. The molecule has 0 radical (unpaired) electrons. The SMILES string of the molecule is CC(C)(N)c1ccc(Nc2nn(C3COCCC3C#N)c3cc[nH]c(=O)c23)cc1. The lowest BCUT2D eigenvalue weighted by atomic mass is 9.96. The fourth-order valence-corrected chi connectivity index (χ4v) is 3.67. The largest absolute Gasteiger partial charge is 0.379 e. The molecule has 2 atom stereocenters. The van der Waals surface area contributed by atoms with Crippen LogP contribution in [0.25, 0.3) is 10.9 Å². The normalized spacial score (nSPS) is 19.8. The van der Waals surface area contributed by atoms with Gasteiger partial charge in [-0.3, -0.25) is 9.48 Å². The minimum Gasteiger partial charge on any atom is -0.379 e. The lowest BCUT2D eigenvalue weighted by Gasteiger charge is -2.27. The molecule has 0 spiro atoms. The first-order valence-electron chi connectivity index (χ1n) is 9.62. The first kappa shape index (κ1) is 19.2. The van der Waals surface area contributed by atoms with Gasteiger partial charge in [-0.1, -0.05) is 12.1 Å². The number of nitriles is 1. The van der Waals surface area contributed by atoms with Gasteiger partial charge in [-0.2, -0.15) is 10.4 Å². The van der Waals surface area contributed by atoms with Crippen molar-refractivity contribution in [3.8, 4) is 6.07 Å². The van der Waals surface area contributed by atoms with Gasteiger partial charge < -0.3 is 20.8 Å². The number of benzene rings is 1. The number of rotatable bonds is 4. The Hall–Kier alpha value is -3.15. The molecule has 8 heteroatoms. The Morgan fingerprint density at radius 3 is 2.79 bits per heavy atom. The fourth-order valence-electron chi connectivity index (χ4n) is 3.67. The van der Waals surface area contributed by atoms with E-state index in [4.69, 9.17) is 10.5 Å². The number of hydrogen-bond acceptors (Lipinski definition) is 6. The van der Waals surface area contributed by atoms with Crippen LogP contribution in [0.2, 0.25) is 0 Å². The van der Waals surface area contributed by atoms with Gasteiger partial charge in [0.15, 0.2) is 5.82 Å². The summed E-state index contributed by atoms with van der Waals surface area (Å²) in [5, 5.41) is 17.9. The Labute approximate surface area is 168 Å². The molecule has 1 aliphatic heterocycles. The van der Waals surface area contributed by atoms with E-state index < -0.39 is 5.54 Å². The van der Waals surface area contributed by atoms with Crippen LogP contribution in [0.3, 0.4) is 0 Å². The van der Waals surface area contributed by atoms with Gasteiger partial charge in [0.05, 0.1) is 30.2 Å². The van der Waals surface area contributed by atoms with Gasteiger partial charge in [-0.15, -0.1) is 0 Å². The minimum atomic E-state index is -0.433. The molecule has 1 saturated heterocycles. The third kappa shape index (κ3) is 3.62. The van der Waals surface area contributed by atoms with Crippen molar-refractivity contribution >= 4 is 22.4 Å². The zero-order valence-electron chi connectivity index (χ0n) is 16.5. The molecule has 2 unspecified atom stereocenters. The summed E-state index contributed by atoms with van der Waals surface area (Å²) in [5.41, 5.74) is 7.95. The monoisotopic (exact) mass is 392 g/mol. The summed E-state index contributed by atoms with van der Waals surface area (Å²) < 4.78 is 7.34. The van der Waals surface area contributed by atoms with E-state index in [0.29, 0.717) is 36.4 Å². The third-order valence-electron chi connectivity index (χ3n) is 5.33. The average Bonchev–Trinajstić information content (AvgIpc) is 3.07. The average molecular weight is 392 g/mol. The number of H-pyrrole nitrogens is 1. The number of nitrogens with two attached hydrogens (primary N) is 1. The molecule has 3 aromatic rings. The zero-order chi connectivity index (χ0) is 20.6. The molecule has 29 heavy (non-hydrogen) atoms.